The number of para-hydroxylation sites is 2. The Morgan fingerprint density at radius 1 is 0.857 bits per heavy atom. The molecule has 0 radical (unpaired) electrons. The van der Waals surface area contributed by atoms with Gasteiger partial charge in [0, 0.05) is 24.2 Å². The summed E-state index contributed by atoms with van der Waals surface area (Å²) in [6, 6.07) is 27.5. The van der Waals surface area contributed by atoms with Gasteiger partial charge in [-0.3, -0.25) is 0 Å². The molecule has 28 heavy (non-hydrogen) atoms. The van der Waals surface area contributed by atoms with Crippen molar-refractivity contribution >= 4 is 17.5 Å². The van der Waals surface area contributed by atoms with Crippen molar-refractivity contribution in [3.8, 4) is 11.8 Å². The van der Waals surface area contributed by atoms with Gasteiger partial charge in [0.1, 0.15) is 6.61 Å². The Balaban J connectivity index is 1.45. The average molecular weight is 370 g/mol. The van der Waals surface area contributed by atoms with Gasteiger partial charge in [-0.15, -0.1) is 0 Å². The molecule has 4 nitrogen and oxygen atoms in total. The van der Waals surface area contributed by atoms with Gasteiger partial charge in [-0.25, -0.2) is 4.79 Å². The predicted octanol–water partition coefficient (Wildman–Crippen LogP) is 5.10. The Kier molecular flexibility index (Phi) is 7.11. The first-order valence-electron chi connectivity index (χ1n) is 9.16. The fraction of sp³-hybridized carbons (Fsp3) is 0.125. The largest absolute Gasteiger partial charge is 0.445 e. The van der Waals surface area contributed by atoms with Crippen LogP contribution in [0, 0.1) is 11.8 Å². The van der Waals surface area contributed by atoms with Crippen LogP contribution in [0.3, 0.4) is 0 Å². The Bertz CT molecular complexity index is 944. The summed E-state index contributed by atoms with van der Waals surface area (Å²) in [4.78, 5) is 11.7. The van der Waals surface area contributed by atoms with Gasteiger partial charge in [0.05, 0.1) is 5.69 Å². The Morgan fingerprint density at radius 2 is 1.54 bits per heavy atom. The third-order valence-corrected chi connectivity index (χ3v) is 3.94. The van der Waals surface area contributed by atoms with Crippen LogP contribution in [-0.2, 0) is 11.3 Å². The van der Waals surface area contributed by atoms with Crippen molar-refractivity contribution in [3.05, 3.63) is 96.1 Å². The number of ether oxygens (including phenoxy) is 1. The molecule has 0 unspecified atom stereocenters. The number of alkyl carbamates (subject to hydrolysis) is 1. The zero-order valence-electron chi connectivity index (χ0n) is 15.5. The average Bonchev–Trinajstić information content (AvgIpc) is 2.74. The summed E-state index contributed by atoms with van der Waals surface area (Å²) in [6.45, 7) is 0.700. The van der Waals surface area contributed by atoms with E-state index in [9.17, 15) is 4.79 Å². The fourth-order valence-corrected chi connectivity index (χ4v) is 2.54. The van der Waals surface area contributed by atoms with Crippen LogP contribution in [0.4, 0.5) is 16.2 Å². The first-order chi connectivity index (χ1) is 13.8. The molecule has 3 rings (SSSR count). The van der Waals surface area contributed by atoms with Crippen LogP contribution in [0.15, 0.2) is 84.9 Å². The summed E-state index contributed by atoms with van der Waals surface area (Å²) in [5.41, 5.74) is 3.84. The van der Waals surface area contributed by atoms with E-state index in [2.05, 4.69) is 22.5 Å². The highest BCUT2D eigenvalue weighted by Crippen LogP contribution is 2.19. The molecule has 3 aromatic carbocycles. The Labute approximate surface area is 165 Å². The first kappa shape index (κ1) is 19.1. The number of carbonyl (C=O) groups excluding carboxylic acids is 1. The molecule has 0 spiro atoms. The van der Waals surface area contributed by atoms with Crippen molar-refractivity contribution in [1.29, 1.82) is 0 Å². The van der Waals surface area contributed by atoms with Gasteiger partial charge < -0.3 is 15.4 Å². The lowest BCUT2D eigenvalue weighted by Gasteiger charge is -2.08. The molecule has 3 aromatic rings. The van der Waals surface area contributed by atoms with Crippen LogP contribution in [0.25, 0.3) is 0 Å². The third kappa shape index (κ3) is 6.22. The minimum absolute atomic E-state index is 0.261. The molecule has 0 saturated heterocycles. The van der Waals surface area contributed by atoms with Gasteiger partial charge in [0.2, 0.25) is 0 Å². The van der Waals surface area contributed by atoms with Crippen molar-refractivity contribution in [2.24, 2.45) is 0 Å². The van der Waals surface area contributed by atoms with E-state index in [0.29, 0.717) is 13.0 Å². The molecule has 4 heteroatoms. The number of rotatable bonds is 6. The highest BCUT2D eigenvalue weighted by Gasteiger charge is 2.01. The molecule has 0 aliphatic carbocycles. The smallest absolute Gasteiger partial charge is 0.407 e. The number of nitrogens with one attached hydrogen (secondary N) is 2. The number of hydrogen-bond acceptors (Lipinski definition) is 3. The van der Waals surface area contributed by atoms with Gasteiger partial charge in [0.25, 0.3) is 0 Å². The molecule has 0 aliphatic rings. The van der Waals surface area contributed by atoms with Crippen LogP contribution < -0.4 is 10.6 Å². The van der Waals surface area contributed by atoms with Crippen LogP contribution in [0.5, 0.6) is 0 Å². The van der Waals surface area contributed by atoms with E-state index in [4.69, 9.17) is 4.74 Å². The van der Waals surface area contributed by atoms with Gasteiger partial charge >= 0.3 is 6.09 Å². The molecule has 0 saturated carbocycles. The number of carbonyl (C=O) groups is 1. The topological polar surface area (TPSA) is 50.4 Å². The highest BCUT2D eigenvalue weighted by atomic mass is 16.5. The maximum atomic E-state index is 11.7. The molecule has 140 valence electrons. The maximum absolute atomic E-state index is 11.7. The van der Waals surface area contributed by atoms with E-state index in [1.54, 1.807) is 0 Å². The summed E-state index contributed by atoms with van der Waals surface area (Å²) < 4.78 is 5.17. The molecule has 0 fully saturated rings. The summed E-state index contributed by atoms with van der Waals surface area (Å²) in [7, 11) is 0. The minimum atomic E-state index is -0.434. The van der Waals surface area contributed by atoms with E-state index in [0.717, 1.165) is 22.5 Å². The Morgan fingerprint density at radius 3 is 2.32 bits per heavy atom. The molecule has 0 heterocycles. The predicted molar refractivity (Wildman–Crippen MR) is 112 cm³/mol. The van der Waals surface area contributed by atoms with Gasteiger partial charge in [-0.2, -0.15) is 0 Å². The standard InChI is InChI=1S/C24H22N2O2/c27-24(28-19-20-11-3-1-4-12-20)25-18-10-9-14-21-13-7-8-17-23(21)26-22-15-5-2-6-16-22/h1-8,11-13,15-17,26H,10,18-19H2,(H,25,27). The maximum Gasteiger partial charge on any atom is 0.407 e. The summed E-state index contributed by atoms with van der Waals surface area (Å²) in [6.07, 6.45) is 0.108. The normalized spacial score (nSPS) is 9.71. The van der Waals surface area contributed by atoms with E-state index >= 15 is 0 Å². The monoisotopic (exact) mass is 370 g/mol. The molecular weight excluding hydrogens is 348 g/mol. The molecule has 1 amide bonds. The summed E-state index contributed by atoms with van der Waals surface area (Å²) >= 11 is 0. The molecule has 0 bridgehead atoms. The zero-order chi connectivity index (χ0) is 19.4. The SMILES string of the molecule is O=C(NCCC#Cc1ccccc1Nc1ccccc1)OCc1ccccc1. The summed E-state index contributed by atoms with van der Waals surface area (Å²) in [5, 5.41) is 6.09. The van der Waals surface area contributed by atoms with Crippen molar-refractivity contribution in [2.45, 2.75) is 13.0 Å². The second-order valence-electron chi connectivity index (χ2n) is 6.08. The van der Waals surface area contributed by atoms with Gasteiger partial charge in [-0.05, 0) is 29.8 Å². The lowest BCUT2D eigenvalue weighted by molar-refractivity contribution is 0.140. The zero-order valence-corrected chi connectivity index (χ0v) is 15.5. The van der Waals surface area contributed by atoms with Crippen LogP contribution in [0.2, 0.25) is 0 Å². The molecular formula is C24H22N2O2. The van der Waals surface area contributed by atoms with Crippen LogP contribution in [-0.4, -0.2) is 12.6 Å². The molecule has 2 N–H and O–H groups in total. The fourth-order valence-electron chi connectivity index (χ4n) is 2.54. The minimum Gasteiger partial charge on any atom is -0.445 e. The number of benzene rings is 3. The Hall–Kier alpha value is -3.71. The van der Waals surface area contributed by atoms with Gasteiger partial charge in [0.15, 0.2) is 0 Å². The van der Waals surface area contributed by atoms with E-state index in [-0.39, 0.29) is 6.61 Å². The van der Waals surface area contributed by atoms with E-state index in [1.165, 1.54) is 0 Å². The lowest BCUT2D eigenvalue weighted by atomic mass is 10.1. The molecule has 0 atom stereocenters. The van der Waals surface area contributed by atoms with E-state index in [1.807, 2.05) is 84.9 Å². The van der Waals surface area contributed by atoms with Crippen LogP contribution in [0.1, 0.15) is 17.5 Å². The number of hydrogen-bond donors (Lipinski definition) is 2. The summed E-state index contributed by atoms with van der Waals surface area (Å²) in [5.74, 6) is 6.26. The third-order valence-electron chi connectivity index (χ3n) is 3.94. The van der Waals surface area contributed by atoms with E-state index < -0.39 is 6.09 Å². The molecule has 0 aromatic heterocycles. The number of amides is 1. The second kappa shape index (κ2) is 10.4. The quantitative estimate of drug-likeness (QED) is 0.469. The van der Waals surface area contributed by atoms with Crippen molar-refractivity contribution in [2.75, 3.05) is 11.9 Å². The van der Waals surface area contributed by atoms with Crippen molar-refractivity contribution in [3.63, 3.8) is 0 Å². The van der Waals surface area contributed by atoms with Crippen molar-refractivity contribution < 1.29 is 9.53 Å². The van der Waals surface area contributed by atoms with Crippen LogP contribution >= 0.6 is 0 Å². The number of anilines is 2. The molecule has 0 aliphatic heterocycles. The second-order valence-corrected chi connectivity index (χ2v) is 6.08. The highest BCUT2D eigenvalue weighted by molar-refractivity contribution is 5.68. The van der Waals surface area contributed by atoms with Crippen molar-refractivity contribution in [1.82, 2.24) is 5.32 Å². The van der Waals surface area contributed by atoms with Gasteiger partial charge in [-0.1, -0.05) is 72.5 Å². The lowest BCUT2D eigenvalue weighted by Crippen LogP contribution is -2.24. The first-order valence-corrected chi connectivity index (χ1v) is 9.16.